The van der Waals surface area contributed by atoms with Crippen LogP contribution in [-0.2, 0) is 14.3 Å². The molecule has 1 aromatic rings. The first-order chi connectivity index (χ1) is 7.83. The Morgan fingerprint density at radius 3 is 2.18 bits per heavy atom. The van der Waals surface area contributed by atoms with Gasteiger partial charge in [0.25, 0.3) is 0 Å². The molecule has 17 heavy (non-hydrogen) atoms. The number of ether oxygens (including phenoxy) is 1. The molecule has 0 amide bonds. The number of halogens is 3. The summed E-state index contributed by atoms with van der Waals surface area (Å²) in [6.07, 6.45) is 0. The fraction of sp³-hybridized carbons (Fsp3) is 0.333. The van der Waals surface area contributed by atoms with Gasteiger partial charge >= 0.3 is 15.6 Å². The van der Waals surface area contributed by atoms with Gasteiger partial charge in [0.05, 0.1) is 0 Å². The van der Waals surface area contributed by atoms with Gasteiger partial charge in [-0.25, -0.2) is 0 Å². The largest absolute Gasteiger partial charge is 0.523 e. The van der Waals surface area contributed by atoms with E-state index in [1.165, 1.54) is 0 Å². The van der Waals surface area contributed by atoms with E-state index < -0.39 is 22.2 Å². The number of alkyl halides is 3. The Kier molecular flexibility index (Phi) is 4.35. The van der Waals surface area contributed by atoms with Crippen LogP contribution in [0.5, 0.6) is 5.75 Å². The van der Waals surface area contributed by atoms with E-state index in [9.17, 15) is 21.6 Å². The van der Waals surface area contributed by atoms with E-state index >= 15 is 0 Å². The fourth-order valence-electron chi connectivity index (χ4n) is 0.887. The zero-order valence-electron chi connectivity index (χ0n) is 8.48. The summed E-state index contributed by atoms with van der Waals surface area (Å²) in [7, 11) is -5.53. The molecule has 0 aliphatic heterocycles. The summed E-state index contributed by atoms with van der Waals surface area (Å²) in [4.78, 5) is 0. The van der Waals surface area contributed by atoms with Crippen molar-refractivity contribution in [3.05, 3.63) is 30.3 Å². The summed E-state index contributed by atoms with van der Waals surface area (Å²) < 4.78 is 65.1. The lowest BCUT2D eigenvalue weighted by molar-refractivity contribution is -0.0547. The minimum Gasteiger partial charge on any atom is -0.491 e. The molecule has 0 spiro atoms. The van der Waals surface area contributed by atoms with Crippen molar-refractivity contribution in [2.75, 3.05) is 13.2 Å². The topological polar surface area (TPSA) is 52.6 Å². The van der Waals surface area contributed by atoms with Gasteiger partial charge in [-0.05, 0) is 12.1 Å². The molecular weight excluding hydrogens is 261 g/mol. The van der Waals surface area contributed by atoms with Crippen LogP contribution in [-0.4, -0.2) is 27.1 Å². The predicted molar refractivity (Wildman–Crippen MR) is 52.9 cm³/mol. The summed E-state index contributed by atoms with van der Waals surface area (Å²) >= 11 is 0. The van der Waals surface area contributed by atoms with E-state index in [0.717, 1.165) is 0 Å². The van der Waals surface area contributed by atoms with Crippen molar-refractivity contribution in [2.24, 2.45) is 0 Å². The quantitative estimate of drug-likeness (QED) is 0.466. The summed E-state index contributed by atoms with van der Waals surface area (Å²) in [5.41, 5.74) is -5.40. The third-order valence-electron chi connectivity index (χ3n) is 1.62. The Bertz CT molecular complexity index is 441. The van der Waals surface area contributed by atoms with Crippen molar-refractivity contribution in [1.29, 1.82) is 0 Å². The van der Waals surface area contributed by atoms with Gasteiger partial charge < -0.3 is 4.74 Å². The Balaban J connectivity index is 2.35. The molecule has 0 aliphatic rings. The smallest absolute Gasteiger partial charge is 0.491 e. The average Bonchev–Trinajstić information content (AvgIpc) is 2.24. The molecule has 1 aromatic carbocycles. The van der Waals surface area contributed by atoms with Gasteiger partial charge in [0, 0.05) is 0 Å². The predicted octanol–water partition coefficient (Wildman–Crippen LogP) is 1.93. The van der Waals surface area contributed by atoms with Gasteiger partial charge in [-0.3, -0.25) is 4.18 Å². The van der Waals surface area contributed by atoms with E-state index in [1.54, 1.807) is 30.3 Å². The summed E-state index contributed by atoms with van der Waals surface area (Å²) in [6, 6.07) is 8.24. The molecule has 0 saturated carbocycles. The SMILES string of the molecule is O=S(=O)(OCCOc1ccccc1)C(F)(F)F. The monoisotopic (exact) mass is 270 g/mol. The van der Waals surface area contributed by atoms with Crippen LogP contribution in [0.25, 0.3) is 0 Å². The summed E-state index contributed by atoms with van der Waals surface area (Å²) in [5, 5.41) is 0. The van der Waals surface area contributed by atoms with Crippen LogP contribution < -0.4 is 4.74 Å². The van der Waals surface area contributed by atoms with Crippen molar-refractivity contribution in [3.63, 3.8) is 0 Å². The van der Waals surface area contributed by atoms with Crippen LogP contribution in [0.4, 0.5) is 13.2 Å². The molecule has 0 fully saturated rings. The third kappa shape index (κ3) is 4.23. The van der Waals surface area contributed by atoms with Gasteiger partial charge in [0.15, 0.2) is 0 Å². The molecule has 1 rings (SSSR count). The molecule has 8 heteroatoms. The van der Waals surface area contributed by atoms with Gasteiger partial charge in [-0.15, -0.1) is 0 Å². The van der Waals surface area contributed by atoms with Gasteiger partial charge in [0.2, 0.25) is 0 Å². The Morgan fingerprint density at radius 1 is 1.06 bits per heavy atom. The zero-order valence-corrected chi connectivity index (χ0v) is 9.29. The van der Waals surface area contributed by atoms with Crippen molar-refractivity contribution in [2.45, 2.75) is 5.51 Å². The molecule has 4 nitrogen and oxygen atoms in total. The number of hydrogen-bond donors (Lipinski definition) is 0. The van der Waals surface area contributed by atoms with Gasteiger partial charge in [-0.1, -0.05) is 18.2 Å². The molecule has 0 bridgehead atoms. The first-order valence-corrected chi connectivity index (χ1v) is 5.87. The lowest BCUT2D eigenvalue weighted by Crippen LogP contribution is -2.27. The first-order valence-electron chi connectivity index (χ1n) is 4.46. The van der Waals surface area contributed by atoms with E-state index in [-0.39, 0.29) is 6.61 Å². The molecule has 0 aliphatic carbocycles. The van der Waals surface area contributed by atoms with E-state index in [2.05, 4.69) is 4.18 Å². The lowest BCUT2D eigenvalue weighted by Gasteiger charge is -2.09. The highest BCUT2D eigenvalue weighted by molar-refractivity contribution is 7.87. The van der Waals surface area contributed by atoms with Crippen molar-refractivity contribution >= 4 is 10.1 Å². The second kappa shape index (κ2) is 5.37. The summed E-state index contributed by atoms with van der Waals surface area (Å²) in [6.45, 7) is -0.990. The molecule has 96 valence electrons. The molecule has 0 aromatic heterocycles. The maximum absolute atomic E-state index is 11.8. The second-order valence-corrected chi connectivity index (χ2v) is 4.49. The highest BCUT2D eigenvalue weighted by atomic mass is 32.2. The van der Waals surface area contributed by atoms with E-state index in [4.69, 9.17) is 4.74 Å². The van der Waals surface area contributed by atoms with Crippen molar-refractivity contribution in [3.8, 4) is 5.75 Å². The maximum Gasteiger partial charge on any atom is 0.523 e. The van der Waals surface area contributed by atoms with Gasteiger partial charge in [0.1, 0.15) is 19.0 Å². The normalized spacial score (nSPS) is 12.4. The third-order valence-corrected chi connectivity index (χ3v) is 2.66. The van der Waals surface area contributed by atoms with Gasteiger partial charge in [-0.2, -0.15) is 21.6 Å². The first kappa shape index (κ1) is 13.8. The van der Waals surface area contributed by atoms with Crippen LogP contribution in [0.3, 0.4) is 0 Å². The molecule has 0 N–H and O–H groups in total. The molecule has 0 unspecified atom stereocenters. The van der Waals surface area contributed by atoms with Crippen LogP contribution in [0.15, 0.2) is 30.3 Å². The minimum absolute atomic E-state index is 0.292. The standard InChI is InChI=1S/C9H9F3O4S/c10-9(11,12)17(13,14)16-7-6-15-8-4-2-1-3-5-8/h1-5H,6-7H2. The molecule has 0 atom stereocenters. The van der Waals surface area contributed by atoms with Crippen molar-refractivity contribution in [1.82, 2.24) is 0 Å². The van der Waals surface area contributed by atoms with E-state index in [1.807, 2.05) is 0 Å². The van der Waals surface area contributed by atoms with Crippen LogP contribution >= 0.6 is 0 Å². The average molecular weight is 270 g/mol. The summed E-state index contributed by atoms with van der Waals surface area (Å²) in [5.74, 6) is 0.417. The van der Waals surface area contributed by atoms with Crippen molar-refractivity contribution < 1.29 is 30.5 Å². The Morgan fingerprint density at radius 2 is 1.65 bits per heavy atom. The second-order valence-electron chi connectivity index (χ2n) is 2.88. The number of para-hydroxylation sites is 1. The lowest BCUT2D eigenvalue weighted by atomic mass is 10.3. The van der Waals surface area contributed by atoms with Crippen LogP contribution in [0, 0.1) is 0 Å². The molecule has 0 radical (unpaired) electrons. The molecule has 0 heterocycles. The Hall–Kier alpha value is -1.28. The van der Waals surface area contributed by atoms with E-state index in [0.29, 0.717) is 5.75 Å². The van der Waals surface area contributed by atoms with Crippen LogP contribution in [0.1, 0.15) is 0 Å². The maximum atomic E-state index is 11.8. The number of hydrogen-bond acceptors (Lipinski definition) is 4. The zero-order chi connectivity index (χ0) is 12.9. The highest BCUT2D eigenvalue weighted by Crippen LogP contribution is 2.24. The fourth-order valence-corrected chi connectivity index (χ4v) is 1.31. The number of rotatable bonds is 5. The van der Waals surface area contributed by atoms with Crippen LogP contribution in [0.2, 0.25) is 0 Å². The molecular formula is C9H9F3O4S. The molecule has 0 saturated heterocycles. The minimum atomic E-state index is -5.53. The highest BCUT2D eigenvalue weighted by Gasteiger charge is 2.47. The number of benzene rings is 1. The Labute approximate surface area is 96.1 Å².